The number of azo groups is 1. The number of amides is 1. The SMILES string of the molecule is CC(=O)Nc1cccc2ccc(O)c(N=Nc3cccc(S(=O)(=O)O)c3O)c12.[H-].[Na+]. The molecule has 0 aliphatic rings. The molecule has 0 radical (unpaired) electrons. The van der Waals surface area contributed by atoms with E-state index >= 15 is 0 Å². The van der Waals surface area contributed by atoms with Gasteiger partial charge in [-0.15, -0.1) is 10.2 Å². The van der Waals surface area contributed by atoms with Gasteiger partial charge in [0.1, 0.15) is 22.0 Å². The van der Waals surface area contributed by atoms with Gasteiger partial charge in [0.2, 0.25) is 5.91 Å². The number of para-hydroxylation sites is 1. The Hall–Kier alpha value is -2.50. The summed E-state index contributed by atoms with van der Waals surface area (Å²) >= 11 is 0. The Labute approximate surface area is 189 Å². The number of rotatable bonds is 4. The Morgan fingerprint density at radius 1 is 1.03 bits per heavy atom. The van der Waals surface area contributed by atoms with Crippen molar-refractivity contribution in [2.45, 2.75) is 11.8 Å². The Morgan fingerprint density at radius 2 is 1.72 bits per heavy atom. The molecule has 0 spiro atoms. The van der Waals surface area contributed by atoms with E-state index in [-0.39, 0.29) is 54.0 Å². The Balaban J connectivity index is 0.00000225. The van der Waals surface area contributed by atoms with Crippen LogP contribution in [0.3, 0.4) is 0 Å². The summed E-state index contributed by atoms with van der Waals surface area (Å²) in [7, 11) is -4.65. The first-order chi connectivity index (χ1) is 13.2. The van der Waals surface area contributed by atoms with Crippen LogP contribution in [0, 0.1) is 0 Å². The van der Waals surface area contributed by atoms with Gasteiger partial charge in [0.25, 0.3) is 10.1 Å². The zero-order valence-corrected chi connectivity index (χ0v) is 18.3. The zero-order chi connectivity index (χ0) is 20.5. The first-order valence-corrected chi connectivity index (χ1v) is 9.36. The molecule has 0 saturated heterocycles. The maximum absolute atomic E-state index is 11.5. The number of carbonyl (C=O) groups excluding carboxylic acids is 1. The molecule has 3 aromatic carbocycles. The number of fused-ring (bicyclic) bond motifs is 1. The van der Waals surface area contributed by atoms with Gasteiger partial charge in [-0.25, -0.2) is 0 Å². The number of phenolic OH excluding ortho intramolecular Hbond substituents is 2. The van der Waals surface area contributed by atoms with E-state index in [9.17, 15) is 23.4 Å². The second-order valence-corrected chi connectivity index (χ2v) is 7.21. The average molecular weight is 425 g/mol. The predicted octanol–water partition coefficient (Wildman–Crippen LogP) is 0.988. The van der Waals surface area contributed by atoms with E-state index in [1.54, 1.807) is 24.3 Å². The number of phenols is 2. The van der Waals surface area contributed by atoms with Crippen LogP contribution in [0.5, 0.6) is 11.5 Å². The largest absolute Gasteiger partial charge is 1.00 e. The summed E-state index contributed by atoms with van der Waals surface area (Å²) in [4.78, 5) is 10.7. The van der Waals surface area contributed by atoms with Gasteiger partial charge in [0, 0.05) is 12.3 Å². The van der Waals surface area contributed by atoms with Crippen molar-refractivity contribution in [3.8, 4) is 11.5 Å². The normalized spacial score (nSPS) is 11.4. The second kappa shape index (κ2) is 8.89. The van der Waals surface area contributed by atoms with Crippen LogP contribution in [-0.4, -0.2) is 29.1 Å². The maximum Gasteiger partial charge on any atom is 1.00 e. The van der Waals surface area contributed by atoms with E-state index in [2.05, 4.69) is 15.5 Å². The van der Waals surface area contributed by atoms with Crippen LogP contribution in [0.4, 0.5) is 17.1 Å². The van der Waals surface area contributed by atoms with Crippen molar-refractivity contribution in [3.63, 3.8) is 0 Å². The van der Waals surface area contributed by atoms with E-state index in [1.807, 2.05) is 0 Å². The molecule has 4 N–H and O–H groups in total. The molecular weight excluding hydrogens is 409 g/mol. The Bertz CT molecular complexity index is 1230. The number of carbonyl (C=O) groups is 1. The van der Waals surface area contributed by atoms with Crippen molar-refractivity contribution in [1.29, 1.82) is 0 Å². The van der Waals surface area contributed by atoms with E-state index in [0.717, 1.165) is 6.07 Å². The summed E-state index contributed by atoms with van der Waals surface area (Å²) < 4.78 is 31.7. The van der Waals surface area contributed by atoms with Gasteiger partial charge in [0.15, 0.2) is 5.75 Å². The fraction of sp³-hybridized carbons (Fsp3) is 0.0556. The summed E-state index contributed by atoms with van der Waals surface area (Å²) in [5, 5.41) is 31.7. The molecular formula is C18H16N3NaO6S. The third kappa shape index (κ3) is 4.92. The van der Waals surface area contributed by atoms with Crippen LogP contribution < -0.4 is 34.9 Å². The van der Waals surface area contributed by atoms with Crippen molar-refractivity contribution in [3.05, 3.63) is 48.5 Å². The smallest absolute Gasteiger partial charge is 1.00 e. The molecule has 1 amide bonds. The van der Waals surface area contributed by atoms with E-state index in [0.29, 0.717) is 16.5 Å². The third-order valence-corrected chi connectivity index (χ3v) is 4.71. The molecule has 146 valence electrons. The van der Waals surface area contributed by atoms with Gasteiger partial charge < -0.3 is 17.0 Å². The van der Waals surface area contributed by atoms with Gasteiger partial charge >= 0.3 is 29.6 Å². The average Bonchev–Trinajstić information content (AvgIpc) is 2.61. The Kier molecular flexibility index (Phi) is 6.98. The van der Waals surface area contributed by atoms with Gasteiger partial charge in [-0.1, -0.05) is 24.3 Å². The van der Waals surface area contributed by atoms with Gasteiger partial charge in [-0.05, 0) is 29.7 Å². The Morgan fingerprint density at radius 3 is 2.38 bits per heavy atom. The van der Waals surface area contributed by atoms with Crippen molar-refractivity contribution in [2.24, 2.45) is 10.2 Å². The molecule has 0 bridgehead atoms. The molecule has 0 fully saturated rings. The van der Waals surface area contributed by atoms with E-state index in [1.165, 1.54) is 25.1 Å². The molecule has 9 nitrogen and oxygen atoms in total. The topological polar surface area (TPSA) is 149 Å². The van der Waals surface area contributed by atoms with Crippen LogP contribution in [0.15, 0.2) is 63.7 Å². The van der Waals surface area contributed by atoms with Gasteiger partial charge in [-0.3, -0.25) is 9.35 Å². The molecule has 0 atom stereocenters. The minimum absolute atomic E-state index is 0. The quantitative estimate of drug-likeness (QED) is 0.278. The van der Waals surface area contributed by atoms with Gasteiger partial charge in [-0.2, -0.15) is 8.42 Å². The number of benzene rings is 3. The number of hydrogen-bond donors (Lipinski definition) is 4. The van der Waals surface area contributed by atoms with Gasteiger partial charge in [0.05, 0.1) is 5.69 Å². The molecule has 0 unspecified atom stereocenters. The summed E-state index contributed by atoms with van der Waals surface area (Å²) in [6.45, 7) is 1.34. The molecule has 3 aromatic rings. The molecule has 0 aromatic heterocycles. The van der Waals surface area contributed by atoms with Crippen LogP contribution in [0.1, 0.15) is 8.35 Å². The standard InChI is InChI=1S/C18H15N3O6S.Na.H/c1-10(22)19-12-5-2-4-11-8-9-14(23)17(16(11)12)21-20-13-6-3-7-15(18(13)24)28(25,26)27;;/h2-9,23-24H,1H3,(H,19,22)(H,25,26,27);;/q;+1;-1. The van der Waals surface area contributed by atoms with Crippen LogP contribution in [0.25, 0.3) is 10.8 Å². The minimum Gasteiger partial charge on any atom is -1.00 e. The van der Waals surface area contributed by atoms with E-state index < -0.39 is 20.8 Å². The summed E-state index contributed by atoms with van der Waals surface area (Å²) in [6, 6.07) is 11.7. The maximum atomic E-state index is 11.5. The van der Waals surface area contributed by atoms with E-state index in [4.69, 9.17) is 4.55 Å². The molecule has 3 rings (SSSR count). The fourth-order valence-corrected chi connectivity index (χ4v) is 3.25. The van der Waals surface area contributed by atoms with Crippen molar-refractivity contribution < 1.29 is 59.0 Å². The fourth-order valence-electron chi connectivity index (χ4n) is 2.65. The number of aromatic hydroxyl groups is 2. The predicted molar refractivity (Wildman–Crippen MR) is 103 cm³/mol. The first kappa shape index (κ1) is 22.8. The van der Waals surface area contributed by atoms with Crippen molar-refractivity contribution in [1.82, 2.24) is 0 Å². The summed E-state index contributed by atoms with van der Waals surface area (Å²) in [6.07, 6.45) is 0. The zero-order valence-electron chi connectivity index (χ0n) is 16.5. The van der Waals surface area contributed by atoms with Crippen LogP contribution >= 0.6 is 0 Å². The first-order valence-electron chi connectivity index (χ1n) is 7.92. The minimum atomic E-state index is -4.65. The summed E-state index contributed by atoms with van der Waals surface area (Å²) in [5.74, 6) is -1.34. The molecule has 29 heavy (non-hydrogen) atoms. The molecule has 11 heteroatoms. The van der Waals surface area contributed by atoms with Crippen LogP contribution in [0.2, 0.25) is 0 Å². The molecule has 0 aliphatic carbocycles. The van der Waals surface area contributed by atoms with Crippen molar-refractivity contribution >= 4 is 43.9 Å². The molecule has 0 heterocycles. The third-order valence-electron chi connectivity index (χ3n) is 3.82. The number of hydrogen-bond acceptors (Lipinski definition) is 7. The van der Waals surface area contributed by atoms with Crippen LogP contribution in [-0.2, 0) is 14.9 Å². The number of nitrogens with one attached hydrogen (secondary N) is 1. The summed E-state index contributed by atoms with van der Waals surface area (Å²) in [5.41, 5.74) is 0.174. The number of nitrogens with zero attached hydrogens (tertiary/aromatic N) is 2. The second-order valence-electron chi connectivity index (χ2n) is 5.82. The molecule has 0 saturated carbocycles. The number of anilines is 1. The van der Waals surface area contributed by atoms with Crippen molar-refractivity contribution in [2.75, 3.05) is 5.32 Å². The molecule has 0 aliphatic heterocycles. The monoisotopic (exact) mass is 425 g/mol.